The smallest absolute Gasteiger partial charge is 0.280 e. The molecule has 0 spiro atoms. The number of halogens is 2. The molecule has 2 amide bonds. The molecule has 4 aromatic rings. The number of carbonyl (C=O) groups excluding carboxylic acids is 2. The second-order valence-corrected chi connectivity index (χ2v) is 26.1. The Balaban J connectivity index is 1.31. The summed E-state index contributed by atoms with van der Waals surface area (Å²) in [5.41, 5.74) is -1.03. The molecule has 28 heteroatoms. The minimum Gasteiger partial charge on any atom is -0.766 e. The van der Waals surface area contributed by atoms with Gasteiger partial charge in [0, 0.05) is 26.1 Å². The summed E-state index contributed by atoms with van der Waals surface area (Å²) < 4.78 is 150. The van der Waals surface area contributed by atoms with Gasteiger partial charge in [-0.3, -0.25) is 22.2 Å². The predicted molar refractivity (Wildman–Crippen MR) is 241 cm³/mol. The molecule has 0 saturated heterocycles. The zero-order valence-corrected chi connectivity index (χ0v) is 39.8. The SMILES string of the molecule is CCc1cc(N=NC2C(=O)N(c3cccc(S(=O)([O-])(O)CS(=O)([O-])(O)c4cc(Cl)c(CC)cc4N=NC4C(=O)N(c5cccc(S(C)(=O)([O-])O)c5)N=C4C)c3)N=C2C)c(S(=O)(=O)[O-])cc1Cl. The van der Waals surface area contributed by atoms with Crippen molar-refractivity contribution in [2.24, 2.45) is 30.7 Å². The van der Waals surface area contributed by atoms with Gasteiger partial charge < -0.3 is 31.9 Å². The predicted octanol–water partition coefficient (Wildman–Crippen LogP) is 6.41. The van der Waals surface area contributed by atoms with Gasteiger partial charge in [-0.2, -0.15) is 40.7 Å². The number of sulfone groups is 3. The summed E-state index contributed by atoms with van der Waals surface area (Å²) in [5, 5.41) is 22.4. The van der Waals surface area contributed by atoms with E-state index in [0.717, 1.165) is 47.5 Å². The second-order valence-electron chi connectivity index (χ2n) is 15.3. The first-order valence-electron chi connectivity index (χ1n) is 19.0. The highest BCUT2D eigenvalue weighted by atomic mass is 35.5. The number of carbonyl (C=O) groups is 2. The maximum Gasteiger partial charge on any atom is 0.280 e. The summed E-state index contributed by atoms with van der Waals surface area (Å²) in [4.78, 5) is 23.4. The molecule has 0 radical (unpaired) electrons. The molecule has 22 nitrogen and oxygen atoms in total. The zero-order valence-electron chi connectivity index (χ0n) is 35.0. The van der Waals surface area contributed by atoms with E-state index in [1.165, 1.54) is 32.0 Å². The van der Waals surface area contributed by atoms with Crippen LogP contribution >= 0.6 is 23.2 Å². The van der Waals surface area contributed by atoms with Gasteiger partial charge in [0.25, 0.3) is 11.8 Å². The van der Waals surface area contributed by atoms with Crippen LogP contribution in [0.3, 0.4) is 0 Å². The Bertz CT molecular complexity index is 3200. The van der Waals surface area contributed by atoms with E-state index >= 15 is 0 Å². The number of azo groups is 2. The molecular weight excluding hydrogens is 992 g/mol. The van der Waals surface area contributed by atoms with E-state index in [9.17, 15) is 62.5 Å². The fraction of sp³-hybridized carbons (Fsp3) is 0.263. The van der Waals surface area contributed by atoms with Crippen molar-refractivity contribution >= 4 is 108 Å². The van der Waals surface area contributed by atoms with E-state index in [2.05, 4.69) is 30.7 Å². The number of amides is 2. The standard InChI is InChI=1S/C38H42Cl2N8O14S4/c1-6-23-14-31(33(18-29(23)39)63(51,52)53)41-43-35-21(3)46-48(37(35)49)26-11-9-13-28(17-26)65(57,58,59)20-66(60,61,62)34-19-30(40)24(7-2)15-32(34)42-44-36-22(4)45-47(38(36)50)25-10-8-12-27(16-25)64(5,54,55)56/h8-19,35-36H,6-7,20H2,1-5H3,(H,51,52,53)(H2,54,55,56)(H2,57,58,59)(H2,60,61,62)/p-4. The lowest BCUT2D eigenvalue weighted by Gasteiger charge is -2.54. The van der Waals surface area contributed by atoms with Gasteiger partial charge in [-0.15, -0.1) is 0 Å². The first kappa shape index (κ1) is 50.5. The summed E-state index contributed by atoms with van der Waals surface area (Å²) in [6.07, 6.45) is 1.03. The van der Waals surface area contributed by atoms with Crippen LogP contribution in [0.15, 0.2) is 123 Å². The maximum atomic E-state index is 14.2. The number of nitrogens with zero attached hydrogens (tertiary/aromatic N) is 8. The van der Waals surface area contributed by atoms with Crippen LogP contribution in [0.2, 0.25) is 10.0 Å². The van der Waals surface area contributed by atoms with E-state index in [0.29, 0.717) is 35.4 Å². The number of hydrazone groups is 2. The molecule has 0 saturated carbocycles. The molecule has 0 fully saturated rings. The van der Waals surface area contributed by atoms with Crippen molar-refractivity contribution in [1.82, 2.24) is 0 Å². The Hall–Kier alpha value is -4.94. The third kappa shape index (κ3) is 10.3. The van der Waals surface area contributed by atoms with Gasteiger partial charge in [-0.1, -0.05) is 49.2 Å². The maximum absolute atomic E-state index is 14.2. The largest absolute Gasteiger partial charge is 0.766 e. The Labute approximate surface area is 386 Å². The number of benzene rings is 4. The number of aryl methyl sites for hydroxylation is 2. The quantitative estimate of drug-likeness (QED) is 0.0908. The van der Waals surface area contributed by atoms with Crippen molar-refractivity contribution in [2.75, 3.05) is 21.4 Å². The second kappa shape index (κ2) is 16.7. The summed E-state index contributed by atoms with van der Waals surface area (Å²) in [7, 11) is -24.7. The minimum absolute atomic E-state index is 0.0220. The third-order valence-electron chi connectivity index (χ3n) is 10.0. The molecule has 356 valence electrons. The fourth-order valence-electron chi connectivity index (χ4n) is 6.65. The van der Waals surface area contributed by atoms with Gasteiger partial charge in [0.2, 0.25) is 0 Å². The van der Waals surface area contributed by atoms with Crippen LogP contribution in [0.1, 0.15) is 38.8 Å². The molecule has 2 aliphatic rings. The van der Waals surface area contributed by atoms with Crippen molar-refractivity contribution in [3.63, 3.8) is 0 Å². The molecular formula is C38H38Cl2N8O14S4-4. The van der Waals surface area contributed by atoms with Crippen molar-refractivity contribution in [1.29, 1.82) is 0 Å². The summed E-state index contributed by atoms with van der Waals surface area (Å²) in [5.74, 6) is -1.89. The van der Waals surface area contributed by atoms with Crippen LogP contribution in [0.25, 0.3) is 0 Å². The van der Waals surface area contributed by atoms with E-state index in [-0.39, 0.29) is 44.8 Å². The normalized spacial score (nSPS) is 19.4. The molecule has 0 bridgehead atoms. The molecule has 2 atom stereocenters. The van der Waals surface area contributed by atoms with E-state index < -0.39 is 98.9 Å². The van der Waals surface area contributed by atoms with Crippen LogP contribution in [0, 0.1) is 0 Å². The molecule has 6 rings (SSSR count). The molecule has 2 unspecified atom stereocenters. The molecule has 2 aliphatic heterocycles. The fourth-order valence-corrected chi connectivity index (χ4v) is 14.3. The molecule has 66 heavy (non-hydrogen) atoms. The number of hydrogen-bond acceptors (Lipinski definition) is 17. The molecule has 3 N–H and O–H groups in total. The molecule has 0 aromatic heterocycles. The highest BCUT2D eigenvalue weighted by molar-refractivity contribution is 8.26. The van der Waals surface area contributed by atoms with E-state index in [4.69, 9.17) is 23.2 Å². The van der Waals surface area contributed by atoms with Gasteiger partial charge in [-0.25, -0.2) is 8.42 Å². The van der Waals surface area contributed by atoms with E-state index in [1.54, 1.807) is 13.8 Å². The first-order valence-corrected chi connectivity index (χ1v) is 27.4. The van der Waals surface area contributed by atoms with Crippen LogP contribution < -0.4 is 10.0 Å². The van der Waals surface area contributed by atoms with E-state index in [1.807, 2.05) is 0 Å². The van der Waals surface area contributed by atoms with Gasteiger partial charge in [0.1, 0.15) is 21.5 Å². The van der Waals surface area contributed by atoms with Gasteiger partial charge in [-0.05, 0) is 127 Å². The summed E-state index contributed by atoms with van der Waals surface area (Å²) in [6.45, 7) is 5.99. The summed E-state index contributed by atoms with van der Waals surface area (Å²) in [6, 6.07) is 8.94. The van der Waals surface area contributed by atoms with Gasteiger partial charge in [0.05, 0.1) is 37.7 Å². The van der Waals surface area contributed by atoms with Crippen molar-refractivity contribution < 1.29 is 62.5 Å². The first-order chi connectivity index (χ1) is 30.2. The number of anilines is 2. The number of rotatable bonds is 14. The highest BCUT2D eigenvalue weighted by Gasteiger charge is 2.41. The Morgan fingerprint density at radius 2 is 1.14 bits per heavy atom. The average Bonchev–Trinajstić information content (AvgIpc) is 3.65. The lowest BCUT2D eigenvalue weighted by molar-refractivity contribution is -0.118. The van der Waals surface area contributed by atoms with Crippen molar-refractivity contribution in [2.45, 2.75) is 72.2 Å². The monoisotopic (exact) mass is 1030 g/mol. The van der Waals surface area contributed by atoms with Gasteiger partial charge >= 0.3 is 0 Å². The van der Waals surface area contributed by atoms with Gasteiger partial charge in [0.15, 0.2) is 12.1 Å². The third-order valence-corrected chi connectivity index (χ3v) is 18.6. The summed E-state index contributed by atoms with van der Waals surface area (Å²) >= 11 is 12.4. The lowest BCUT2D eigenvalue weighted by atomic mass is 10.1. The highest BCUT2D eigenvalue weighted by Crippen LogP contribution is 2.46. The average molecular weight is 1030 g/mol. The Morgan fingerprint density at radius 1 is 0.697 bits per heavy atom. The topological polar surface area (TPSA) is 353 Å². The molecule has 2 heterocycles. The lowest BCUT2D eigenvalue weighted by Crippen LogP contribution is -2.50. The molecule has 4 aromatic carbocycles. The Morgan fingerprint density at radius 3 is 1.61 bits per heavy atom. The molecule has 0 aliphatic carbocycles. The van der Waals surface area contributed by atoms with Crippen molar-refractivity contribution in [3.05, 3.63) is 94.0 Å². The van der Waals surface area contributed by atoms with Crippen LogP contribution in [0.5, 0.6) is 0 Å². The van der Waals surface area contributed by atoms with Crippen molar-refractivity contribution in [3.8, 4) is 0 Å². The van der Waals surface area contributed by atoms with Crippen LogP contribution in [-0.4, -0.2) is 99.6 Å². The Kier molecular flexibility index (Phi) is 12.8. The van der Waals surface area contributed by atoms with Crippen LogP contribution in [-0.2, 0) is 61.4 Å². The van der Waals surface area contributed by atoms with Crippen LogP contribution in [0.4, 0.5) is 22.7 Å². The zero-order chi connectivity index (χ0) is 49.2. The number of hydrogen-bond donors (Lipinski definition) is 3. The minimum atomic E-state index is -7.11.